The summed E-state index contributed by atoms with van der Waals surface area (Å²) in [5, 5.41) is 8.96. The zero-order chi connectivity index (χ0) is 9.84. The first kappa shape index (κ1) is 10.2. The molecule has 0 aromatic heterocycles. The van der Waals surface area contributed by atoms with Crippen molar-refractivity contribution in [1.29, 1.82) is 5.26 Å². The third-order valence-electron chi connectivity index (χ3n) is 1.56. The van der Waals surface area contributed by atoms with Gasteiger partial charge >= 0.3 is 0 Å². The largest absolute Gasteiger partial charge is 0.205 e. The van der Waals surface area contributed by atoms with E-state index in [1.54, 1.807) is 19.2 Å². The molecule has 1 aromatic carbocycles. The second-order valence-electron chi connectivity index (χ2n) is 2.43. The highest BCUT2D eigenvalue weighted by Crippen LogP contribution is 2.23. The summed E-state index contributed by atoms with van der Waals surface area (Å²) in [6, 6.07) is 5.45. The molecule has 0 spiro atoms. The molecule has 0 atom stereocenters. The standard InChI is InChI=1S/C9H6BrClN2/c1-6(13-5-12)7-2-3-8(10)9(11)4-7/h2-4H,1H3. The van der Waals surface area contributed by atoms with E-state index >= 15 is 0 Å². The van der Waals surface area contributed by atoms with Crippen molar-refractivity contribution in [3.8, 4) is 6.19 Å². The molecule has 0 bridgehead atoms. The van der Waals surface area contributed by atoms with E-state index in [-0.39, 0.29) is 0 Å². The van der Waals surface area contributed by atoms with Crippen LogP contribution in [-0.4, -0.2) is 5.71 Å². The highest BCUT2D eigenvalue weighted by atomic mass is 79.9. The molecular formula is C9H6BrClN2. The maximum absolute atomic E-state index is 8.34. The van der Waals surface area contributed by atoms with Gasteiger partial charge in [0.2, 0.25) is 6.19 Å². The third-order valence-corrected chi connectivity index (χ3v) is 2.79. The Balaban J connectivity index is 3.13. The Kier molecular flexibility index (Phi) is 3.47. The SMILES string of the molecule is CC(=NC#N)c1ccc(Br)c(Cl)c1. The smallest absolute Gasteiger partial charge is 0.178 e. The lowest BCUT2D eigenvalue weighted by molar-refractivity contribution is 1.42. The van der Waals surface area contributed by atoms with Crippen LogP contribution in [0.4, 0.5) is 0 Å². The zero-order valence-electron chi connectivity index (χ0n) is 6.88. The molecule has 0 heterocycles. The highest BCUT2D eigenvalue weighted by molar-refractivity contribution is 9.10. The first-order valence-corrected chi connectivity index (χ1v) is 4.71. The zero-order valence-corrected chi connectivity index (χ0v) is 9.22. The second kappa shape index (κ2) is 4.40. The average molecular weight is 258 g/mol. The summed E-state index contributed by atoms with van der Waals surface area (Å²) >= 11 is 9.15. The molecule has 13 heavy (non-hydrogen) atoms. The topological polar surface area (TPSA) is 36.1 Å². The molecule has 0 saturated carbocycles. The fourth-order valence-electron chi connectivity index (χ4n) is 0.861. The monoisotopic (exact) mass is 256 g/mol. The molecule has 66 valence electrons. The lowest BCUT2D eigenvalue weighted by Gasteiger charge is -2.00. The minimum atomic E-state index is 0.616. The van der Waals surface area contributed by atoms with Gasteiger partial charge in [0.15, 0.2) is 0 Å². The molecule has 1 aromatic rings. The van der Waals surface area contributed by atoms with Gasteiger partial charge in [-0.15, -0.1) is 0 Å². The molecule has 0 aliphatic heterocycles. The van der Waals surface area contributed by atoms with Crippen molar-refractivity contribution in [3.05, 3.63) is 33.3 Å². The minimum Gasteiger partial charge on any atom is -0.178 e. The molecule has 0 unspecified atom stereocenters. The van der Waals surface area contributed by atoms with Crippen LogP contribution in [0.3, 0.4) is 0 Å². The van der Waals surface area contributed by atoms with E-state index in [1.807, 2.05) is 12.1 Å². The van der Waals surface area contributed by atoms with E-state index in [1.165, 1.54) is 0 Å². The van der Waals surface area contributed by atoms with Crippen molar-refractivity contribution in [1.82, 2.24) is 0 Å². The Morgan fingerprint density at radius 3 is 2.85 bits per heavy atom. The molecule has 0 N–H and O–H groups in total. The van der Waals surface area contributed by atoms with E-state index < -0.39 is 0 Å². The summed E-state index contributed by atoms with van der Waals surface area (Å²) in [4.78, 5) is 3.61. The van der Waals surface area contributed by atoms with Crippen molar-refractivity contribution < 1.29 is 0 Å². The van der Waals surface area contributed by atoms with Gasteiger partial charge in [-0.1, -0.05) is 17.7 Å². The van der Waals surface area contributed by atoms with Crippen molar-refractivity contribution in [2.75, 3.05) is 0 Å². The van der Waals surface area contributed by atoms with Crippen LogP contribution in [0.25, 0.3) is 0 Å². The van der Waals surface area contributed by atoms with Gasteiger partial charge in [-0.25, -0.2) is 0 Å². The van der Waals surface area contributed by atoms with Crippen LogP contribution in [0.15, 0.2) is 27.7 Å². The van der Waals surface area contributed by atoms with E-state index in [0.717, 1.165) is 10.0 Å². The Morgan fingerprint density at radius 1 is 1.62 bits per heavy atom. The van der Waals surface area contributed by atoms with Gasteiger partial charge in [0.25, 0.3) is 0 Å². The van der Waals surface area contributed by atoms with E-state index in [0.29, 0.717) is 10.7 Å². The van der Waals surface area contributed by atoms with Gasteiger partial charge in [-0.3, -0.25) is 0 Å². The number of nitriles is 1. The normalized spacial score (nSPS) is 11.1. The number of benzene rings is 1. The molecule has 0 fully saturated rings. The molecule has 0 saturated heterocycles. The highest BCUT2D eigenvalue weighted by Gasteiger charge is 2.01. The average Bonchev–Trinajstić information content (AvgIpc) is 2.10. The predicted molar refractivity (Wildman–Crippen MR) is 57.0 cm³/mol. The molecule has 4 heteroatoms. The van der Waals surface area contributed by atoms with Crippen LogP contribution in [0.2, 0.25) is 5.02 Å². The van der Waals surface area contributed by atoms with Gasteiger partial charge < -0.3 is 0 Å². The molecular weight excluding hydrogens is 251 g/mol. The van der Waals surface area contributed by atoms with Crippen LogP contribution in [-0.2, 0) is 0 Å². The maximum Gasteiger partial charge on any atom is 0.205 e. The fourth-order valence-corrected chi connectivity index (χ4v) is 1.29. The number of aliphatic imine (C=N–C) groups is 1. The Hall–Kier alpha value is -0.850. The molecule has 0 aliphatic rings. The van der Waals surface area contributed by atoms with Gasteiger partial charge in [-0.05, 0) is 40.5 Å². The number of halogens is 2. The number of nitrogens with zero attached hydrogens (tertiary/aromatic N) is 2. The summed E-state index contributed by atoms with van der Waals surface area (Å²) in [6.45, 7) is 1.77. The number of hydrogen-bond donors (Lipinski definition) is 0. The summed E-state index contributed by atoms with van der Waals surface area (Å²) in [5.41, 5.74) is 1.52. The minimum absolute atomic E-state index is 0.616. The van der Waals surface area contributed by atoms with E-state index in [4.69, 9.17) is 16.9 Å². The molecule has 0 aliphatic carbocycles. The van der Waals surface area contributed by atoms with E-state index in [9.17, 15) is 0 Å². The Labute approximate surface area is 90.0 Å². The summed E-state index contributed by atoms with van der Waals surface area (Å²) in [5.74, 6) is 0. The van der Waals surface area contributed by atoms with Crippen LogP contribution >= 0.6 is 27.5 Å². The summed E-state index contributed by atoms with van der Waals surface area (Å²) in [7, 11) is 0. The predicted octanol–water partition coefficient (Wildman–Crippen LogP) is 3.39. The second-order valence-corrected chi connectivity index (χ2v) is 3.69. The van der Waals surface area contributed by atoms with Crippen molar-refractivity contribution in [2.45, 2.75) is 6.92 Å². The Bertz CT molecular complexity index is 393. The molecule has 0 radical (unpaired) electrons. The van der Waals surface area contributed by atoms with Gasteiger partial charge in [0.1, 0.15) is 0 Å². The molecule has 0 amide bonds. The number of hydrogen-bond acceptors (Lipinski definition) is 2. The quantitative estimate of drug-likeness (QED) is 0.561. The Morgan fingerprint density at radius 2 is 2.31 bits per heavy atom. The third kappa shape index (κ3) is 2.55. The van der Waals surface area contributed by atoms with Crippen LogP contribution in [0, 0.1) is 11.5 Å². The van der Waals surface area contributed by atoms with E-state index in [2.05, 4.69) is 20.9 Å². The lowest BCUT2D eigenvalue weighted by atomic mass is 10.1. The number of rotatable bonds is 1. The van der Waals surface area contributed by atoms with Crippen molar-refractivity contribution >= 4 is 33.2 Å². The lowest BCUT2D eigenvalue weighted by Crippen LogP contribution is -1.93. The van der Waals surface area contributed by atoms with Crippen LogP contribution < -0.4 is 0 Å². The first-order valence-electron chi connectivity index (χ1n) is 3.54. The van der Waals surface area contributed by atoms with Crippen LogP contribution in [0.5, 0.6) is 0 Å². The van der Waals surface area contributed by atoms with Crippen molar-refractivity contribution in [3.63, 3.8) is 0 Å². The molecule has 1 rings (SSSR count). The summed E-state index contributed by atoms with van der Waals surface area (Å²) in [6.07, 6.45) is 1.73. The fraction of sp³-hybridized carbons (Fsp3) is 0.111. The van der Waals surface area contributed by atoms with Gasteiger partial charge in [0.05, 0.1) is 10.7 Å². The van der Waals surface area contributed by atoms with Gasteiger partial charge in [-0.2, -0.15) is 10.3 Å². The van der Waals surface area contributed by atoms with Gasteiger partial charge in [0, 0.05) is 4.47 Å². The van der Waals surface area contributed by atoms with Crippen molar-refractivity contribution in [2.24, 2.45) is 4.99 Å². The molecule has 2 nitrogen and oxygen atoms in total. The first-order chi connectivity index (χ1) is 6.15. The summed E-state index contributed by atoms with van der Waals surface area (Å²) < 4.78 is 0.836. The maximum atomic E-state index is 8.34. The van der Waals surface area contributed by atoms with Crippen LogP contribution in [0.1, 0.15) is 12.5 Å².